The molecule has 0 spiro atoms. The van der Waals surface area contributed by atoms with E-state index < -0.39 is 0 Å². The van der Waals surface area contributed by atoms with E-state index in [1.807, 2.05) is 55.5 Å². The van der Waals surface area contributed by atoms with Crippen LogP contribution in [0.25, 0.3) is 0 Å². The quantitative estimate of drug-likeness (QED) is 0.853. The first kappa shape index (κ1) is 15.7. The zero-order chi connectivity index (χ0) is 15.2. The average Bonchev–Trinajstić information content (AvgIpc) is 2.50. The van der Waals surface area contributed by atoms with Gasteiger partial charge < -0.3 is 11.1 Å². The van der Waals surface area contributed by atoms with Crippen LogP contribution in [0.15, 0.2) is 53.0 Å². The molecule has 0 saturated carbocycles. The Bertz CT molecular complexity index is 613. The van der Waals surface area contributed by atoms with Gasteiger partial charge in [0.05, 0.1) is 0 Å². The second-order valence-electron chi connectivity index (χ2n) is 5.02. The molecule has 0 bridgehead atoms. The largest absolute Gasteiger partial charge is 0.326 e. The summed E-state index contributed by atoms with van der Waals surface area (Å²) in [5, 5.41) is 2.93. The number of nitrogens with two attached hydrogens (primary N) is 1. The number of halogens is 1. The van der Waals surface area contributed by atoms with E-state index >= 15 is 0 Å². The highest BCUT2D eigenvalue weighted by Gasteiger charge is 2.10. The van der Waals surface area contributed by atoms with E-state index in [4.69, 9.17) is 5.73 Å². The van der Waals surface area contributed by atoms with E-state index in [9.17, 15) is 4.79 Å². The number of carbonyl (C=O) groups is 1. The van der Waals surface area contributed by atoms with Crippen LogP contribution in [0.5, 0.6) is 0 Å². The first-order valence-corrected chi connectivity index (χ1v) is 7.72. The molecule has 1 atom stereocenters. The van der Waals surface area contributed by atoms with Crippen LogP contribution < -0.4 is 11.1 Å². The summed E-state index contributed by atoms with van der Waals surface area (Å²) in [6.45, 7) is 1.97. The maximum atomic E-state index is 12.0. The van der Waals surface area contributed by atoms with Gasteiger partial charge in [-0.1, -0.05) is 52.3 Å². The molecule has 2 rings (SSSR count). The fourth-order valence-corrected chi connectivity index (χ4v) is 2.48. The summed E-state index contributed by atoms with van der Waals surface area (Å²) in [7, 11) is 0. The lowest BCUT2D eigenvalue weighted by molar-refractivity contribution is -0.116. The topological polar surface area (TPSA) is 55.1 Å². The highest BCUT2D eigenvalue weighted by Crippen LogP contribution is 2.24. The Morgan fingerprint density at radius 3 is 2.62 bits per heavy atom. The predicted molar refractivity (Wildman–Crippen MR) is 90.1 cm³/mol. The molecule has 1 amide bonds. The first-order valence-electron chi connectivity index (χ1n) is 6.93. The SMILES string of the molecule is Cc1c(Br)cccc1NC(=O)CCC(N)c1ccccc1. The smallest absolute Gasteiger partial charge is 0.224 e. The molecule has 21 heavy (non-hydrogen) atoms. The minimum atomic E-state index is -0.111. The Hall–Kier alpha value is -1.65. The van der Waals surface area contributed by atoms with Gasteiger partial charge >= 0.3 is 0 Å². The first-order chi connectivity index (χ1) is 10.1. The van der Waals surface area contributed by atoms with E-state index in [1.54, 1.807) is 0 Å². The average molecular weight is 347 g/mol. The molecular formula is C17H19BrN2O. The molecule has 4 heteroatoms. The van der Waals surface area contributed by atoms with Crippen LogP contribution in [0.2, 0.25) is 0 Å². The summed E-state index contributed by atoms with van der Waals surface area (Å²) in [4.78, 5) is 12.0. The van der Waals surface area contributed by atoms with Crippen molar-refractivity contribution in [2.24, 2.45) is 5.73 Å². The molecule has 0 heterocycles. The molecular weight excluding hydrogens is 328 g/mol. The zero-order valence-electron chi connectivity index (χ0n) is 12.0. The zero-order valence-corrected chi connectivity index (χ0v) is 13.6. The Morgan fingerprint density at radius 1 is 1.19 bits per heavy atom. The molecule has 0 aliphatic rings. The lowest BCUT2D eigenvalue weighted by Crippen LogP contribution is -2.17. The van der Waals surface area contributed by atoms with E-state index in [0.29, 0.717) is 12.8 Å². The number of hydrogen-bond donors (Lipinski definition) is 2. The van der Waals surface area contributed by atoms with Crippen LogP contribution in [0, 0.1) is 6.92 Å². The van der Waals surface area contributed by atoms with Gasteiger partial charge in [-0.05, 0) is 36.6 Å². The van der Waals surface area contributed by atoms with Crippen LogP contribution in [0.3, 0.4) is 0 Å². The van der Waals surface area contributed by atoms with Gasteiger partial charge in [-0.15, -0.1) is 0 Å². The van der Waals surface area contributed by atoms with Gasteiger partial charge in [-0.25, -0.2) is 0 Å². The van der Waals surface area contributed by atoms with Gasteiger partial charge in [0.25, 0.3) is 0 Å². The fraction of sp³-hybridized carbons (Fsp3) is 0.235. The van der Waals surface area contributed by atoms with Gasteiger partial charge in [0, 0.05) is 22.6 Å². The minimum Gasteiger partial charge on any atom is -0.326 e. The molecule has 0 saturated heterocycles. The number of carbonyl (C=O) groups excluding carboxylic acids is 1. The third-order valence-corrected chi connectivity index (χ3v) is 4.31. The van der Waals surface area contributed by atoms with Crippen LogP contribution in [-0.4, -0.2) is 5.91 Å². The van der Waals surface area contributed by atoms with Gasteiger partial charge in [-0.2, -0.15) is 0 Å². The maximum Gasteiger partial charge on any atom is 0.224 e. The molecule has 0 aromatic heterocycles. The highest BCUT2D eigenvalue weighted by molar-refractivity contribution is 9.10. The Morgan fingerprint density at radius 2 is 1.90 bits per heavy atom. The molecule has 0 aliphatic carbocycles. The van der Waals surface area contributed by atoms with Crippen molar-refractivity contribution in [3.05, 3.63) is 64.1 Å². The summed E-state index contributed by atoms with van der Waals surface area (Å²) in [6.07, 6.45) is 1.03. The Kier molecular flexibility index (Phi) is 5.53. The summed E-state index contributed by atoms with van der Waals surface area (Å²) in [5.74, 6) is -0.0115. The molecule has 0 aliphatic heterocycles. The van der Waals surface area contributed by atoms with Crippen LogP contribution in [0.4, 0.5) is 5.69 Å². The number of nitrogens with one attached hydrogen (secondary N) is 1. The molecule has 0 fully saturated rings. The summed E-state index contributed by atoms with van der Waals surface area (Å²) in [5.41, 5.74) is 9.02. The standard InChI is InChI=1S/C17H19BrN2O/c1-12-14(18)8-5-9-16(12)20-17(21)11-10-15(19)13-6-3-2-4-7-13/h2-9,15H,10-11,19H2,1H3,(H,20,21). The minimum absolute atomic E-state index is 0.0115. The predicted octanol–water partition coefficient (Wildman–Crippen LogP) is 4.18. The second kappa shape index (κ2) is 7.38. The van der Waals surface area contributed by atoms with Crippen molar-refractivity contribution in [2.75, 3.05) is 5.32 Å². The second-order valence-corrected chi connectivity index (χ2v) is 5.87. The van der Waals surface area contributed by atoms with Crippen molar-refractivity contribution < 1.29 is 4.79 Å². The van der Waals surface area contributed by atoms with Crippen molar-refractivity contribution in [1.29, 1.82) is 0 Å². The van der Waals surface area contributed by atoms with Gasteiger partial charge in [0.15, 0.2) is 0 Å². The van der Waals surface area contributed by atoms with E-state index in [2.05, 4.69) is 21.2 Å². The van der Waals surface area contributed by atoms with Crippen LogP contribution in [-0.2, 0) is 4.79 Å². The molecule has 110 valence electrons. The third-order valence-electron chi connectivity index (χ3n) is 3.45. The highest BCUT2D eigenvalue weighted by atomic mass is 79.9. The van der Waals surface area contributed by atoms with Gasteiger partial charge in [0.1, 0.15) is 0 Å². The molecule has 3 nitrogen and oxygen atoms in total. The summed E-state index contributed by atoms with van der Waals surface area (Å²) < 4.78 is 0.987. The van der Waals surface area contributed by atoms with E-state index in [0.717, 1.165) is 21.3 Å². The van der Waals surface area contributed by atoms with Gasteiger partial charge in [0.2, 0.25) is 5.91 Å². The van der Waals surface area contributed by atoms with Gasteiger partial charge in [-0.3, -0.25) is 4.79 Å². The maximum absolute atomic E-state index is 12.0. The van der Waals surface area contributed by atoms with Crippen molar-refractivity contribution >= 4 is 27.5 Å². The Balaban J connectivity index is 1.89. The molecule has 3 N–H and O–H groups in total. The molecule has 2 aromatic rings. The molecule has 2 aromatic carbocycles. The lowest BCUT2D eigenvalue weighted by atomic mass is 10.0. The molecule has 0 radical (unpaired) electrons. The summed E-state index contributed by atoms with van der Waals surface area (Å²) >= 11 is 3.46. The number of anilines is 1. The van der Waals surface area contributed by atoms with Crippen LogP contribution in [0.1, 0.15) is 30.0 Å². The normalized spacial score (nSPS) is 12.0. The lowest BCUT2D eigenvalue weighted by Gasteiger charge is -2.13. The number of amides is 1. The number of hydrogen-bond acceptors (Lipinski definition) is 2. The monoisotopic (exact) mass is 346 g/mol. The van der Waals surface area contributed by atoms with Crippen molar-refractivity contribution in [3.8, 4) is 0 Å². The Labute approximate surface area is 133 Å². The number of benzene rings is 2. The van der Waals surface area contributed by atoms with Crippen molar-refractivity contribution in [2.45, 2.75) is 25.8 Å². The van der Waals surface area contributed by atoms with Crippen LogP contribution >= 0.6 is 15.9 Å². The van der Waals surface area contributed by atoms with E-state index in [1.165, 1.54) is 0 Å². The summed E-state index contributed by atoms with van der Waals surface area (Å²) in [6, 6.07) is 15.5. The van der Waals surface area contributed by atoms with E-state index in [-0.39, 0.29) is 11.9 Å². The van der Waals surface area contributed by atoms with Crippen molar-refractivity contribution in [1.82, 2.24) is 0 Å². The van der Waals surface area contributed by atoms with Crippen molar-refractivity contribution in [3.63, 3.8) is 0 Å². The molecule has 1 unspecified atom stereocenters. The number of rotatable bonds is 5. The fourth-order valence-electron chi connectivity index (χ4n) is 2.11. The third kappa shape index (κ3) is 4.41.